The number of carbonyl (C=O) groups excluding carboxylic acids is 1. The minimum Gasteiger partial charge on any atom is -0.478 e. The van der Waals surface area contributed by atoms with Gasteiger partial charge in [0, 0.05) is 6.07 Å². The van der Waals surface area contributed by atoms with Gasteiger partial charge in [0.1, 0.15) is 5.82 Å². The summed E-state index contributed by atoms with van der Waals surface area (Å²) in [5, 5.41) is 7.10. The molecule has 3 aromatic rings. The standard InChI is InChI=1S/C21H22FN3O2/c1-3-18(27-19-7-5-4-6-17(19)22)21(26)24-20-12-13-23-25(20)14-16-10-8-15(2)9-11-16/h4-13,18H,3,14H2,1-2H3,(H,24,26)/t18-/m0/s1. The summed E-state index contributed by atoms with van der Waals surface area (Å²) in [5.74, 6) is -0.205. The monoisotopic (exact) mass is 367 g/mol. The molecule has 1 N–H and O–H groups in total. The number of nitrogens with one attached hydrogen (secondary N) is 1. The zero-order chi connectivity index (χ0) is 19.2. The van der Waals surface area contributed by atoms with Crippen molar-refractivity contribution in [3.63, 3.8) is 0 Å². The van der Waals surface area contributed by atoms with Crippen LogP contribution in [0.25, 0.3) is 0 Å². The van der Waals surface area contributed by atoms with E-state index in [9.17, 15) is 9.18 Å². The maximum atomic E-state index is 13.8. The molecule has 1 atom stereocenters. The first-order chi connectivity index (χ1) is 13.1. The fourth-order valence-corrected chi connectivity index (χ4v) is 2.65. The molecule has 1 aromatic heterocycles. The van der Waals surface area contributed by atoms with Gasteiger partial charge in [-0.3, -0.25) is 4.79 Å². The molecule has 0 aliphatic carbocycles. The minimum absolute atomic E-state index is 0.0627. The van der Waals surface area contributed by atoms with Crippen molar-refractivity contribution < 1.29 is 13.9 Å². The maximum absolute atomic E-state index is 13.8. The number of anilines is 1. The van der Waals surface area contributed by atoms with Gasteiger partial charge in [-0.25, -0.2) is 9.07 Å². The van der Waals surface area contributed by atoms with Crippen molar-refractivity contribution in [1.82, 2.24) is 9.78 Å². The van der Waals surface area contributed by atoms with Gasteiger partial charge < -0.3 is 10.1 Å². The van der Waals surface area contributed by atoms with Gasteiger partial charge >= 0.3 is 0 Å². The third-order valence-electron chi connectivity index (χ3n) is 4.19. The molecule has 1 heterocycles. The lowest BCUT2D eigenvalue weighted by Gasteiger charge is -2.18. The summed E-state index contributed by atoms with van der Waals surface area (Å²) in [6.45, 7) is 4.38. The minimum atomic E-state index is -0.801. The maximum Gasteiger partial charge on any atom is 0.266 e. The average Bonchev–Trinajstić information content (AvgIpc) is 3.09. The van der Waals surface area contributed by atoms with E-state index in [2.05, 4.69) is 10.4 Å². The third-order valence-corrected chi connectivity index (χ3v) is 4.19. The molecule has 3 rings (SSSR count). The Labute approximate surface area is 157 Å². The van der Waals surface area contributed by atoms with E-state index in [1.54, 1.807) is 29.1 Å². The number of ether oxygens (including phenoxy) is 1. The quantitative estimate of drug-likeness (QED) is 0.682. The highest BCUT2D eigenvalue weighted by molar-refractivity contribution is 5.93. The van der Waals surface area contributed by atoms with Gasteiger partial charge in [-0.15, -0.1) is 0 Å². The summed E-state index contributed by atoms with van der Waals surface area (Å²) >= 11 is 0. The van der Waals surface area contributed by atoms with Crippen LogP contribution < -0.4 is 10.1 Å². The second-order valence-electron chi connectivity index (χ2n) is 6.29. The lowest BCUT2D eigenvalue weighted by Crippen LogP contribution is -2.33. The van der Waals surface area contributed by atoms with E-state index in [1.165, 1.54) is 17.7 Å². The molecule has 6 heteroatoms. The van der Waals surface area contributed by atoms with Crippen LogP contribution in [0.1, 0.15) is 24.5 Å². The van der Waals surface area contributed by atoms with E-state index < -0.39 is 11.9 Å². The molecular formula is C21H22FN3O2. The van der Waals surface area contributed by atoms with Crippen LogP contribution in [0.5, 0.6) is 5.75 Å². The normalized spacial score (nSPS) is 11.8. The predicted octanol–water partition coefficient (Wildman–Crippen LogP) is 4.18. The molecular weight excluding hydrogens is 345 g/mol. The van der Waals surface area contributed by atoms with Gasteiger partial charge in [-0.2, -0.15) is 5.10 Å². The highest BCUT2D eigenvalue weighted by atomic mass is 19.1. The van der Waals surface area contributed by atoms with Crippen LogP contribution >= 0.6 is 0 Å². The van der Waals surface area contributed by atoms with Crippen LogP contribution in [-0.4, -0.2) is 21.8 Å². The topological polar surface area (TPSA) is 56.1 Å². The molecule has 140 valence electrons. The number of para-hydroxylation sites is 1. The molecule has 27 heavy (non-hydrogen) atoms. The highest BCUT2D eigenvalue weighted by Gasteiger charge is 2.21. The number of rotatable bonds is 7. The molecule has 0 aliphatic rings. The first-order valence-corrected chi connectivity index (χ1v) is 8.86. The van der Waals surface area contributed by atoms with Crippen LogP contribution in [0.4, 0.5) is 10.2 Å². The molecule has 2 aromatic carbocycles. The third kappa shape index (κ3) is 4.73. The predicted molar refractivity (Wildman–Crippen MR) is 102 cm³/mol. The summed E-state index contributed by atoms with van der Waals surface area (Å²) in [7, 11) is 0. The highest BCUT2D eigenvalue weighted by Crippen LogP contribution is 2.19. The van der Waals surface area contributed by atoms with Crippen LogP contribution in [0.2, 0.25) is 0 Å². The van der Waals surface area contributed by atoms with Gasteiger partial charge in [-0.05, 0) is 31.0 Å². The number of benzene rings is 2. The Morgan fingerprint density at radius 3 is 2.63 bits per heavy atom. The van der Waals surface area contributed by atoms with Crippen molar-refractivity contribution in [2.24, 2.45) is 0 Å². The van der Waals surface area contributed by atoms with Crippen LogP contribution in [0, 0.1) is 12.7 Å². The van der Waals surface area contributed by atoms with Gasteiger partial charge in [0.05, 0.1) is 12.7 Å². The molecule has 0 saturated carbocycles. The number of hydrogen-bond acceptors (Lipinski definition) is 3. The van der Waals surface area contributed by atoms with Crippen molar-refractivity contribution in [2.75, 3.05) is 5.32 Å². The van der Waals surface area contributed by atoms with E-state index in [-0.39, 0.29) is 11.7 Å². The van der Waals surface area contributed by atoms with Crippen molar-refractivity contribution in [3.8, 4) is 5.75 Å². The van der Waals surface area contributed by atoms with Crippen molar-refractivity contribution in [1.29, 1.82) is 0 Å². The lowest BCUT2D eigenvalue weighted by molar-refractivity contribution is -0.123. The molecule has 0 unspecified atom stereocenters. The summed E-state index contributed by atoms with van der Waals surface area (Å²) in [5.41, 5.74) is 2.26. The van der Waals surface area contributed by atoms with Crippen molar-refractivity contribution >= 4 is 11.7 Å². The number of aromatic nitrogens is 2. The smallest absolute Gasteiger partial charge is 0.266 e. The molecule has 0 saturated heterocycles. The number of carbonyl (C=O) groups is 1. The molecule has 0 spiro atoms. The van der Waals surface area contributed by atoms with E-state index in [4.69, 9.17) is 4.74 Å². The Bertz CT molecular complexity index is 906. The number of amides is 1. The summed E-state index contributed by atoms with van der Waals surface area (Å²) < 4.78 is 21.1. The molecule has 0 bridgehead atoms. The van der Waals surface area contributed by atoms with E-state index in [1.807, 2.05) is 38.1 Å². The van der Waals surface area contributed by atoms with E-state index in [0.29, 0.717) is 18.8 Å². The van der Waals surface area contributed by atoms with E-state index >= 15 is 0 Å². The molecule has 5 nitrogen and oxygen atoms in total. The molecule has 0 fully saturated rings. The zero-order valence-corrected chi connectivity index (χ0v) is 15.4. The zero-order valence-electron chi connectivity index (χ0n) is 15.4. The lowest BCUT2D eigenvalue weighted by atomic mass is 10.1. The first kappa shape index (κ1) is 18.6. The number of aryl methyl sites for hydroxylation is 1. The Kier molecular flexibility index (Phi) is 5.86. The number of nitrogens with zero attached hydrogens (tertiary/aromatic N) is 2. The van der Waals surface area contributed by atoms with Gasteiger partial charge in [0.2, 0.25) is 0 Å². The van der Waals surface area contributed by atoms with Crippen LogP contribution in [-0.2, 0) is 11.3 Å². The second kappa shape index (κ2) is 8.49. The first-order valence-electron chi connectivity index (χ1n) is 8.86. The average molecular weight is 367 g/mol. The van der Waals surface area contributed by atoms with Crippen LogP contribution in [0.3, 0.4) is 0 Å². The Morgan fingerprint density at radius 2 is 1.93 bits per heavy atom. The van der Waals surface area contributed by atoms with Gasteiger partial charge in [0.25, 0.3) is 5.91 Å². The largest absolute Gasteiger partial charge is 0.478 e. The van der Waals surface area contributed by atoms with Crippen molar-refractivity contribution in [3.05, 3.63) is 77.7 Å². The van der Waals surface area contributed by atoms with E-state index in [0.717, 1.165) is 5.56 Å². The number of halogens is 1. The second-order valence-corrected chi connectivity index (χ2v) is 6.29. The molecule has 1 amide bonds. The molecule has 0 aliphatic heterocycles. The van der Waals surface area contributed by atoms with Crippen molar-refractivity contribution in [2.45, 2.75) is 32.9 Å². The Morgan fingerprint density at radius 1 is 1.19 bits per heavy atom. The summed E-state index contributed by atoms with van der Waals surface area (Å²) in [6, 6.07) is 15.9. The van der Waals surface area contributed by atoms with Crippen LogP contribution in [0.15, 0.2) is 60.8 Å². The summed E-state index contributed by atoms with van der Waals surface area (Å²) in [4.78, 5) is 12.6. The fraction of sp³-hybridized carbons (Fsp3) is 0.238. The Balaban J connectivity index is 1.69. The van der Waals surface area contributed by atoms with Gasteiger partial charge in [0.15, 0.2) is 17.7 Å². The van der Waals surface area contributed by atoms with Gasteiger partial charge in [-0.1, -0.05) is 48.9 Å². The number of hydrogen-bond donors (Lipinski definition) is 1. The SMILES string of the molecule is CC[C@H](Oc1ccccc1F)C(=O)Nc1ccnn1Cc1ccc(C)cc1. The fourth-order valence-electron chi connectivity index (χ4n) is 2.65. The Hall–Kier alpha value is -3.15. The molecule has 0 radical (unpaired) electrons. The summed E-state index contributed by atoms with van der Waals surface area (Å²) in [6.07, 6.45) is 1.24.